The summed E-state index contributed by atoms with van der Waals surface area (Å²) in [6.07, 6.45) is 10.5. The molecule has 1 aliphatic heterocycles. The van der Waals surface area contributed by atoms with Gasteiger partial charge in [0, 0.05) is 17.0 Å². The zero-order valence-corrected chi connectivity index (χ0v) is 18.5. The Morgan fingerprint density at radius 1 is 1.10 bits per heavy atom. The van der Waals surface area contributed by atoms with Crippen LogP contribution in [0.4, 0.5) is 4.39 Å². The second kappa shape index (κ2) is 7.18. The first-order chi connectivity index (χ1) is 14.7. The molecular formula is C26H33FN2O2. The van der Waals surface area contributed by atoms with Crippen molar-refractivity contribution in [1.82, 2.24) is 5.32 Å². The van der Waals surface area contributed by atoms with E-state index in [1.54, 1.807) is 12.1 Å². The second-order valence-corrected chi connectivity index (χ2v) is 10.9. The van der Waals surface area contributed by atoms with Gasteiger partial charge in [0.2, 0.25) is 11.8 Å². The van der Waals surface area contributed by atoms with E-state index in [1.165, 1.54) is 56.2 Å². The lowest BCUT2D eigenvalue weighted by atomic mass is 9.45. The van der Waals surface area contributed by atoms with E-state index in [-0.39, 0.29) is 23.6 Å². The van der Waals surface area contributed by atoms with E-state index in [1.807, 2.05) is 0 Å². The van der Waals surface area contributed by atoms with Crippen molar-refractivity contribution in [2.75, 3.05) is 0 Å². The summed E-state index contributed by atoms with van der Waals surface area (Å²) < 4.78 is 12.3. The molecule has 0 spiro atoms. The molecule has 7 atom stereocenters. The Morgan fingerprint density at radius 3 is 2.55 bits per heavy atom. The maximum atomic E-state index is 12.6. The van der Waals surface area contributed by atoms with Crippen LogP contribution < -0.4 is 11.1 Å². The predicted octanol–water partition coefficient (Wildman–Crippen LogP) is 4.14. The van der Waals surface area contributed by atoms with Crippen LogP contribution in [0.2, 0.25) is 0 Å². The largest absolute Gasteiger partial charge is 0.369 e. The van der Waals surface area contributed by atoms with Gasteiger partial charge in [0.25, 0.3) is 0 Å². The normalized spacial score (nSPS) is 41.5. The molecule has 4 nitrogen and oxygen atoms in total. The van der Waals surface area contributed by atoms with Crippen LogP contribution in [-0.4, -0.2) is 17.9 Å². The third kappa shape index (κ3) is 3.15. The van der Waals surface area contributed by atoms with E-state index in [4.69, 9.17) is 5.73 Å². The average molecular weight is 425 g/mol. The van der Waals surface area contributed by atoms with Crippen molar-refractivity contribution in [3.63, 3.8) is 0 Å². The zero-order chi connectivity index (χ0) is 22.0. The van der Waals surface area contributed by atoms with Crippen LogP contribution in [0.5, 0.6) is 0 Å². The molecule has 1 heterocycles. The number of nitrogens with two attached hydrogens (primary N) is 1. The fourth-order valence-corrected chi connectivity index (χ4v) is 8.04. The average Bonchev–Trinajstić information content (AvgIpc) is 3.06. The molecule has 2 amide bonds. The van der Waals surface area contributed by atoms with Crippen LogP contribution in [0.3, 0.4) is 0 Å². The minimum atomic E-state index is -0.406. The van der Waals surface area contributed by atoms with Crippen molar-refractivity contribution in [3.05, 3.63) is 47.3 Å². The van der Waals surface area contributed by atoms with E-state index in [2.05, 4.69) is 25.2 Å². The Kier molecular flexibility index (Phi) is 4.80. The molecule has 1 aromatic carbocycles. The molecule has 3 saturated carbocycles. The Hall–Kier alpha value is -2.17. The lowest BCUT2D eigenvalue weighted by Gasteiger charge is -2.62. The fourth-order valence-electron chi connectivity index (χ4n) is 8.04. The number of hydrogen-bond donors (Lipinski definition) is 2. The van der Waals surface area contributed by atoms with E-state index >= 15 is 0 Å². The number of primary amides is 1. The molecule has 7 rings (SSSR count). The molecule has 3 fully saturated rings. The minimum absolute atomic E-state index is 0.167. The molecule has 7 bridgehead atoms. The highest BCUT2D eigenvalue weighted by Crippen LogP contribution is 2.68. The van der Waals surface area contributed by atoms with Gasteiger partial charge in [-0.05, 0) is 85.3 Å². The van der Waals surface area contributed by atoms with E-state index in [0.717, 1.165) is 23.3 Å². The number of hydrogen-bond acceptors (Lipinski definition) is 2. The van der Waals surface area contributed by atoms with Crippen LogP contribution in [-0.2, 0) is 16.0 Å². The highest BCUT2D eigenvalue weighted by Gasteiger charge is 2.63. The smallest absolute Gasteiger partial charge is 0.247 e. The standard InChI is InChI=1S/C18H25NO.C8H8FNO/c1-17-8-7-14-10-3-6-15-18(14,2)9-11(16(20)19-15)13(17)5-4-12(10)17;9-7-3-1-6(2-4-7)5-8(10)11/h9-10,12-15H,3-8H2,1-2H3,(H,19,20);1-4H,5H2,(H2,10,11)/t10-,12-,13?,14+,15?,17-,18+;/m0./s1. The zero-order valence-electron chi connectivity index (χ0n) is 18.5. The maximum Gasteiger partial charge on any atom is 0.247 e. The molecule has 0 radical (unpaired) electrons. The monoisotopic (exact) mass is 424 g/mol. The van der Waals surface area contributed by atoms with Crippen LogP contribution in [0.1, 0.15) is 57.9 Å². The number of amides is 2. The van der Waals surface area contributed by atoms with Gasteiger partial charge in [-0.3, -0.25) is 9.59 Å². The topological polar surface area (TPSA) is 72.2 Å². The van der Waals surface area contributed by atoms with Crippen molar-refractivity contribution in [2.45, 2.75) is 64.8 Å². The number of rotatable bonds is 2. The second-order valence-electron chi connectivity index (χ2n) is 10.9. The van der Waals surface area contributed by atoms with Gasteiger partial charge in [-0.1, -0.05) is 32.1 Å². The van der Waals surface area contributed by atoms with Crippen molar-refractivity contribution < 1.29 is 14.0 Å². The number of benzene rings is 1. The first-order valence-corrected chi connectivity index (χ1v) is 11.8. The Balaban J connectivity index is 0.000000159. The third-order valence-electron chi connectivity index (χ3n) is 9.48. The first kappa shape index (κ1) is 20.7. The number of nitrogens with one attached hydrogen (secondary N) is 1. The molecule has 3 N–H and O–H groups in total. The summed E-state index contributed by atoms with van der Waals surface area (Å²) in [4.78, 5) is 23.0. The van der Waals surface area contributed by atoms with Crippen molar-refractivity contribution in [3.8, 4) is 0 Å². The SMILES string of the molecule is C[C@]12C=C3C(=O)NC1CC[C@@H]1[C@H]2CC[C@]2(C)C3CC[C@@H]12.NC(=O)Cc1ccc(F)cc1. The predicted molar refractivity (Wildman–Crippen MR) is 117 cm³/mol. The molecule has 31 heavy (non-hydrogen) atoms. The molecule has 0 aromatic heterocycles. The summed E-state index contributed by atoms with van der Waals surface area (Å²) in [5.74, 6) is 2.72. The fraction of sp³-hybridized carbons (Fsp3) is 0.615. The number of carbonyl (C=O) groups is 2. The van der Waals surface area contributed by atoms with Gasteiger partial charge in [-0.15, -0.1) is 0 Å². The third-order valence-corrected chi connectivity index (χ3v) is 9.48. The lowest BCUT2D eigenvalue weighted by molar-refractivity contribution is -0.129. The van der Waals surface area contributed by atoms with Crippen LogP contribution >= 0.6 is 0 Å². The van der Waals surface area contributed by atoms with Gasteiger partial charge in [-0.2, -0.15) is 0 Å². The van der Waals surface area contributed by atoms with Crippen molar-refractivity contribution in [1.29, 1.82) is 0 Å². The highest BCUT2D eigenvalue weighted by molar-refractivity contribution is 5.95. The van der Waals surface area contributed by atoms with E-state index < -0.39 is 5.91 Å². The Bertz CT molecular complexity index is 941. The van der Waals surface area contributed by atoms with Gasteiger partial charge in [0.15, 0.2) is 0 Å². The Labute approximate surface area is 183 Å². The number of halogens is 1. The van der Waals surface area contributed by atoms with Gasteiger partial charge in [0.1, 0.15) is 5.82 Å². The van der Waals surface area contributed by atoms with Gasteiger partial charge in [-0.25, -0.2) is 4.39 Å². The first-order valence-electron chi connectivity index (χ1n) is 11.8. The summed E-state index contributed by atoms with van der Waals surface area (Å²) in [7, 11) is 0. The van der Waals surface area contributed by atoms with E-state index in [9.17, 15) is 14.0 Å². The van der Waals surface area contributed by atoms with Gasteiger partial charge < -0.3 is 11.1 Å². The molecule has 5 heteroatoms. The summed E-state index contributed by atoms with van der Waals surface area (Å²) in [5, 5.41) is 3.39. The summed E-state index contributed by atoms with van der Waals surface area (Å²) in [6.45, 7) is 4.95. The summed E-state index contributed by atoms with van der Waals surface area (Å²) in [6, 6.07) is 6.10. The van der Waals surface area contributed by atoms with Gasteiger partial charge >= 0.3 is 0 Å². The van der Waals surface area contributed by atoms with Crippen molar-refractivity contribution >= 4 is 11.8 Å². The van der Waals surface area contributed by atoms with Crippen molar-refractivity contribution in [2.24, 2.45) is 40.2 Å². The van der Waals surface area contributed by atoms with Crippen LogP contribution in [0, 0.1) is 40.3 Å². The molecule has 5 aliphatic carbocycles. The molecule has 6 aliphatic rings. The summed E-state index contributed by atoms with van der Waals surface area (Å²) >= 11 is 0. The number of carbonyl (C=O) groups excluding carboxylic acids is 2. The molecule has 166 valence electrons. The van der Waals surface area contributed by atoms with Crippen LogP contribution in [0.25, 0.3) is 0 Å². The minimum Gasteiger partial charge on any atom is -0.369 e. The quantitative estimate of drug-likeness (QED) is 0.749. The lowest BCUT2D eigenvalue weighted by Crippen LogP contribution is -2.62. The summed E-state index contributed by atoms with van der Waals surface area (Å²) in [5.41, 5.74) is 7.49. The van der Waals surface area contributed by atoms with Crippen LogP contribution in [0.15, 0.2) is 35.9 Å². The molecule has 2 unspecified atom stereocenters. The van der Waals surface area contributed by atoms with E-state index in [0.29, 0.717) is 17.4 Å². The molecular weight excluding hydrogens is 391 g/mol. The Morgan fingerprint density at radius 2 is 1.84 bits per heavy atom. The number of fused-ring (bicyclic) bond motifs is 1. The highest BCUT2D eigenvalue weighted by atomic mass is 19.1. The molecule has 0 saturated heterocycles. The van der Waals surface area contributed by atoms with Gasteiger partial charge in [0.05, 0.1) is 6.42 Å². The maximum absolute atomic E-state index is 12.6. The molecule has 1 aromatic rings.